The summed E-state index contributed by atoms with van der Waals surface area (Å²) in [5, 5.41) is 18.7. The SMILES string of the molecule is CCCCC(O[Si](C)(C)CCCC)(C(=O)O)C(=O)O. The van der Waals surface area contributed by atoms with E-state index in [1.807, 2.05) is 26.9 Å². The molecule has 0 aliphatic carbocycles. The van der Waals surface area contributed by atoms with Crippen molar-refractivity contribution in [3.8, 4) is 0 Å². The van der Waals surface area contributed by atoms with Gasteiger partial charge in [-0.2, -0.15) is 0 Å². The predicted molar refractivity (Wildman–Crippen MR) is 75.8 cm³/mol. The van der Waals surface area contributed by atoms with Gasteiger partial charge in [-0.1, -0.05) is 33.1 Å². The highest BCUT2D eigenvalue weighted by atomic mass is 28.4. The highest BCUT2D eigenvalue weighted by Crippen LogP contribution is 2.28. The van der Waals surface area contributed by atoms with Crippen LogP contribution in [0.2, 0.25) is 19.1 Å². The van der Waals surface area contributed by atoms with Gasteiger partial charge in [0.25, 0.3) is 5.60 Å². The fourth-order valence-corrected chi connectivity index (χ4v) is 4.52. The summed E-state index contributed by atoms with van der Waals surface area (Å²) in [6.07, 6.45) is 3.21. The quantitative estimate of drug-likeness (QED) is 0.477. The minimum absolute atomic E-state index is 0.0245. The molecule has 2 N–H and O–H groups in total. The summed E-state index contributed by atoms with van der Waals surface area (Å²) in [5.74, 6) is -2.77. The van der Waals surface area contributed by atoms with Crippen molar-refractivity contribution in [3.05, 3.63) is 0 Å². The molecule has 19 heavy (non-hydrogen) atoms. The van der Waals surface area contributed by atoms with Gasteiger partial charge in [-0.3, -0.25) is 0 Å². The molecule has 0 amide bonds. The largest absolute Gasteiger partial charge is 0.479 e. The van der Waals surface area contributed by atoms with Gasteiger partial charge in [0.2, 0.25) is 0 Å². The van der Waals surface area contributed by atoms with E-state index in [4.69, 9.17) is 4.43 Å². The van der Waals surface area contributed by atoms with Crippen LogP contribution in [0.15, 0.2) is 0 Å². The summed E-state index contributed by atoms with van der Waals surface area (Å²) in [6, 6.07) is 0.776. The van der Waals surface area contributed by atoms with Crippen LogP contribution in [0.4, 0.5) is 0 Å². The summed E-state index contributed by atoms with van der Waals surface area (Å²) in [7, 11) is -2.30. The van der Waals surface area contributed by atoms with E-state index in [0.29, 0.717) is 6.42 Å². The molecule has 0 aliphatic heterocycles. The number of rotatable bonds is 10. The Balaban J connectivity index is 5.12. The lowest BCUT2D eigenvalue weighted by molar-refractivity contribution is -0.174. The summed E-state index contributed by atoms with van der Waals surface area (Å²) < 4.78 is 5.69. The second-order valence-electron chi connectivity index (χ2n) is 5.51. The molecule has 0 aliphatic rings. The van der Waals surface area contributed by atoms with Gasteiger partial charge < -0.3 is 14.6 Å². The first-order valence-corrected chi connectivity index (χ1v) is 10.0. The van der Waals surface area contributed by atoms with E-state index in [-0.39, 0.29) is 6.42 Å². The molecule has 0 spiro atoms. The maximum atomic E-state index is 11.4. The van der Waals surface area contributed by atoms with Gasteiger partial charge in [0.1, 0.15) is 0 Å². The number of hydrogen-bond acceptors (Lipinski definition) is 3. The molecular formula is C13H26O5Si. The van der Waals surface area contributed by atoms with Crippen LogP contribution in [0.5, 0.6) is 0 Å². The highest BCUT2D eigenvalue weighted by molar-refractivity contribution is 6.71. The first-order valence-electron chi connectivity index (χ1n) is 6.89. The first kappa shape index (κ1) is 18.1. The lowest BCUT2D eigenvalue weighted by Gasteiger charge is -2.34. The maximum absolute atomic E-state index is 11.4. The lowest BCUT2D eigenvalue weighted by atomic mass is 9.97. The third kappa shape index (κ3) is 5.32. The number of carboxylic acid groups (broad SMARTS) is 2. The second kappa shape index (κ2) is 7.64. The molecule has 112 valence electrons. The average molecular weight is 290 g/mol. The Morgan fingerprint density at radius 3 is 1.89 bits per heavy atom. The number of carboxylic acids is 2. The molecular weight excluding hydrogens is 264 g/mol. The number of aliphatic carboxylic acids is 2. The molecule has 0 unspecified atom stereocenters. The molecule has 5 nitrogen and oxygen atoms in total. The summed E-state index contributed by atoms with van der Waals surface area (Å²) >= 11 is 0. The van der Waals surface area contributed by atoms with Crippen molar-refractivity contribution in [2.45, 2.75) is 70.7 Å². The van der Waals surface area contributed by atoms with E-state index < -0.39 is 25.9 Å². The zero-order valence-electron chi connectivity index (χ0n) is 12.4. The standard InChI is InChI=1S/C13H26O5Si/c1-5-7-9-13(11(14)15,12(16)17)18-19(3,4)10-8-6-2/h5-10H2,1-4H3,(H,14,15)(H,16,17). The van der Waals surface area contributed by atoms with Gasteiger partial charge in [0.05, 0.1) is 0 Å². The Morgan fingerprint density at radius 2 is 1.53 bits per heavy atom. The summed E-state index contributed by atoms with van der Waals surface area (Å²) in [4.78, 5) is 22.9. The van der Waals surface area contributed by atoms with Crippen molar-refractivity contribution < 1.29 is 24.2 Å². The van der Waals surface area contributed by atoms with Gasteiger partial charge >= 0.3 is 11.9 Å². The van der Waals surface area contributed by atoms with Crippen molar-refractivity contribution in [2.75, 3.05) is 0 Å². The molecule has 0 saturated heterocycles. The predicted octanol–water partition coefficient (Wildman–Crippen LogP) is 3.11. The van der Waals surface area contributed by atoms with Crippen LogP contribution in [0, 0.1) is 0 Å². The molecule has 0 fully saturated rings. The van der Waals surface area contributed by atoms with E-state index in [0.717, 1.165) is 25.3 Å². The topological polar surface area (TPSA) is 83.8 Å². The van der Waals surface area contributed by atoms with E-state index in [1.165, 1.54) is 0 Å². The molecule has 6 heteroatoms. The fourth-order valence-electron chi connectivity index (χ4n) is 1.99. The Bertz CT molecular complexity index is 300. The number of unbranched alkanes of at least 4 members (excludes halogenated alkanes) is 2. The molecule has 0 rings (SSSR count). The van der Waals surface area contributed by atoms with Gasteiger partial charge in [-0.15, -0.1) is 0 Å². The van der Waals surface area contributed by atoms with Crippen molar-refractivity contribution in [3.63, 3.8) is 0 Å². The molecule has 0 aromatic heterocycles. The van der Waals surface area contributed by atoms with Crippen LogP contribution >= 0.6 is 0 Å². The molecule has 0 bridgehead atoms. The third-order valence-corrected chi connectivity index (χ3v) is 5.61. The smallest absolute Gasteiger partial charge is 0.346 e. The van der Waals surface area contributed by atoms with Crippen molar-refractivity contribution >= 4 is 20.3 Å². The van der Waals surface area contributed by atoms with E-state index in [2.05, 4.69) is 0 Å². The van der Waals surface area contributed by atoms with Crippen LogP contribution in [-0.4, -0.2) is 36.1 Å². The molecule has 0 aromatic rings. The Labute approximate surface area is 116 Å². The van der Waals surface area contributed by atoms with Crippen LogP contribution in [0.1, 0.15) is 46.0 Å². The Morgan fingerprint density at radius 1 is 1.05 bits per heavy atom. The van der Waals surface area contributed by atoms with Gasteiger partial charge in [0.15, 0.2) is 8.32 Å². The minimum Gasteiger partial charge on any atom is -0.479 e. The highest BCUT2D eigenvalue weighted by Gasteiger charge is 2.50. The molecule has 0 radical (unpaired) electrons. The summed E-state index contributed by atoms with van der Waals surface area (Å²) in [6.45, 7) is 7.71. The minimum atomic E-state index is -2.30. The maximum Gasteiger partial charge on any atom is 0.346 e. The van der Waals surface area contributed by atoms with Gasteiger partial charge in [-0.05, 0) is 32.0 Å². The Kier molecular flexibility index (Phi) is 7.29. The summed E-state index contributed by atoms with van der Waals surface area (Å²) in [5.41, 5.74) is -2.07. The molecule has 0 heterocycles. The zero-order valence-corrected chi connectivity index (χ0v) is 13.4. The number of carbonyl (C=O) groups is 2. The van der Waals surface area contributed by atoms with Crippen molar-refractivity contribution in [1.82, 2.24) is 0 Å². The van der Waals surface area contributed by atoms with E-state index >= 15 is 0 Å². The second-order valence-corrected chi connectivity index (χ2v) is 9.73. The lowest BCUT2D eigenvalue weighted by Crippen LogP contribution is -2.55. The molecule has 0 atom stereocenters. The third-order valence-electron chi connectivity index (χ3n) is 3.16. The van der Waals surface area contributed by atoms with Crippen molar-refractivity contribution in [1.29, 1.82) is 0 Å². The molecule has 0 saturated carbocycles. The first-order chi connectivity index (χ1) is 8.72. The Hall–Kier alpha value is -0.883. The van der Waals surface area contributed by atoms with Crippen LogP contribution < -0.4 is 0 Å². The van der Waals surface area contributed by atoms with Crippen LogP contribution in [0.3, 0.4) is 0 Å². The van der Waals surface area contributed by atoms with E-state index in [1.54, 1.807) is 0 Å². The van der Waals surface area contributed by atoms with Crippen molar-refractivity contribution in [2.24, 2.45) is 0 Å². The van der Waals surface area contributed by atoms with Crippen LogP contribution in [0.25, 0.3) is 0 Å². The van der Waals surface area contributed by atoms with Gasteiger partial charge in [0, 0.05) is 0 Å². The molecule has 0 aromatic carbocycles. The zero-order chi connectivity index (χ0) is 15.1. The van der Waals surface area contributed by atoms with E-state index in [9.17, 15) is 19.8 Å². The monoisotopic (exact) mass is 290 g/mol. The van der Waals surface area contributed by atoms with Gasteiger partial charge in [-0.25, -0.2) is 9.59 Å². The van der Waals surface area contributed by atoms with Crippen LogP contribution in [-0.2, 0) is 14.0 Å². The number of hydrogen-bond donors (Lipinski definition) is 2. The normalized spacial score (nSPS) is 12.4. The average Bonchev–Trinajstić information content (AvgIpc) is 2.31. The fraction of sp³-hybridized carbons (Fsp3) is 0.846.